The second-order valence-electron chi connectivity index (χ2n) is 5.02. The van der Waals surface area contributed by atoms with Crippen LogP contribution in [0.1, 0.15) is 24.8 Å². The highest BCUT2D eigenvalue weighted by molar-refractivity contribution is 7.89. The van der Waals surface area contributed by atoms with E-state index in [0.717, 1.165) is 24.8 Å². The number of rotatable bonds is 4. The predicted octanol–water partition coefficient (Wildman–Crippen LogP) is 2.21. The lowest BCUT2D eigenvalue weighted by molar-refractivity contribution is 0.468. The number of hydrogen-bond donors (Lipinski definition) is 2. The average molecular weight is 280 g/mol. The molecule has 1 atom stereocenters. The van der Waals surface area contributed by atoms with E-state index < -0.39 is 10.0 Å². The van der Waals surface area contributed by atoms with E-state index in [-0.39, 0.29) is 4.90 Å². The van der Waals surface area contributed by atoms with Gasteiger partial charge < -0.3 is 5.73 Å². The third kappa shape index (κ3) is 3.58. The molecule has 0 spiro atoms. The van der Waals surface area contributed by atoms with Gasteiger partial charge in [0.25, 0.3) is 0 Å². The fourth-order valence-corrected chi connectivity index (χ4v) is 3.37. The van der Waals surface area contributed by atoms with E-state index in [9.17, 15) is 8.42 Å². The molecule has 19 heavy (non-hydrogen) atoms. The third-order valence-electron chi connectivity index (χ3n) is 3.49. The lowest BCUT2D eigenvalue weighted by atomic mass is 9.95. The number of benzene rings is 1. The fourth-order valence-electron chi connectivity index (χ4n) is 2.17. The number of nitrogens with one attached hydrogen (secondary N) is 1. The van der Waals surface area contributed by atoms with Gasteiger partial charge in [-0.2, -0.15) is 0 Å². The molecule has 4 nitrogen and oxygen atoms in total. The first kappa shape index (κ1) is 14.1. The highest BCUT2D eigenvalue weighted by Gasteiger charge is 2.17. The van der Waals surface area contributed by atoms with Crippen molar-refractivity contribution in [3.05, 3.63) is 35.9 Å². The van der Waals surface area contributed by atoms with Crippen molar-refractivity contribution in [3.8, 4) is 0 Å². The van der Waals surface area contributed by atoms with Gasteiger partial charge in [0.05, 0.1) is 4.90 Å². The van der Waals surface area contributed by atoms with Crippen molar-refractivity contribution < 1.29 is 8.42 Å². The number of nitrogens with two attached hydrogens (primary N) is 1. The van der Waals surface area contributed by atoms with Crippen LogP contribution in [0.2, 0.25) is 0 Å². The van der Waals surface area contributed by atoms with Crippen LogP contribution in [0.4, 0.5) is 5.69 Å². The van der Waals surface area contributed by atoms with Gasteiger partial charge in [-0.1, -0.05) is 12.2 Å². The molecule has 5 heteroatoms. The Morgan fingerprint density at radius 2 is 2.16 bits per heavy atom. The monoisotopic (exact) mass is 280 g/mol. The Morgan fingerprint density at radius 1 is 1.37 bits per heavy atom. The Morgan fingerprint density at radius 3 is 2.79 bits per heavy atom. The van der Waals surface area contributed by atoms with Crippen LogP contribution in [-0.4, -0.2) is 15.0 Å². The zero-order valence-corrected chi connectivity index (χ0v) is 11.9. The Hall–Kier alpha value is -1.33. The van der Waals surface area contributed by atoms with Gasteiger partial charge in [0.1, 0.15) is 0 Å². The molecular formula is C14H20N2O2S. The maximum Gasteiger partial charge on any atom is 0.240 e. The minimum atomic E-state index is -3.43. The maximum absolute atomic E-state index is 12.2. The van der Waals surface area contributed by atoms with Crippen molar-refractivity contribution in [2.45, 2.75) is 31.1 Å². The number of aryl methyl sites for hydroxylation is 1. The van der Waals surface area contributed by atoms with Gasteiger partial charge in [0.15, 0.2) is 0 Å². The summed E-state index contributed by atoms with van der Waals surface area (Å²) in [6, 6.07) is 4.79. The minimum absolute atomic E-state index is 0.283. The molecule has 0 bridgehead atoms. The summed E-state index contributed by atoms with van der Waals surface area (Å²) < 4.78 is 27.0. The number of nitrogen functional groups attached to an aromatic ring is 1. The summed E-state index contributed by atoms with van der Waals surface area (Å²) >= 11 is 0. The molecule has 0 aliphatic heterocycles. The Labute approximate surface area is 114 Å². The Kier molecular flexibility index (Phi) is 4.27. The van der Waals surface area contributed by atoms with Crippen molar-refractivity contribution in [1.82, 2.24) is 4.72 Å². The van der Waals surface area contributed by atoms with E-state index >= 15 is 0 Å². The molecule has 0 amide bonds. The molecule has 1 aliphatic carbocycles. The van der Waals surface area contributed by atoms with E-state index in [2.05, 4.69) is 16.9 Å². The highest BCUT2D eigenvalue weighted by atomic mass is 32.2. The van der Waals surface area contributed by atoms with Crippen LogP contribution in [0.25, 0.3) is 0 Å². The average Bonchev–Trinajstić information content (AvgIpc) is 2.41. The first-order valence-electron chi connectivity index (χ1n) is 6.50. The van der Waals surface area contributed by atoms with E-state index in [1.807, 2.05) is 0 Å². The third-order valence-corrected chi connectivity index (χ3v) is 4.91. The van der Waals surface area contributed by atoms with Crippen molar-refractivity contribution in [1.29, 1.82) is 0 Å². The fraction of sp³-hybridized carbons (Fsp3) is 0.429. The Balaban J connectivity index is 2.05. The Bertz CT molecular complexity index is 579. The van der Waals surface area contributed by atoms with E-state index in [1.54, 1.807) is 25.1 Å². The first-order chi connectivity index (χ1) is 8.99. The normalized spacial score (nSPS) is 19.5. The van der Waals surface area contributed by atoms with E-state index in [0.29, 0.717) is 18.2 Å². The standard InChI is InChI=1S/C14H20N2O2S/c1-11-9-13(7-8-14(11)15)19(17,18)16-10-12-5-3-2-4-6-12/h2-3,7-9,12,16H,4-6,10,15H2,1H3. The number of anilines is 1. The lowest BCUT2D eigenvalue weighted by Crippen LogP contribution is -2.29. The van der Waals surface area contributed by atoms with Crippen molar-refractivity contribution >= 4 is 15.7 Å². The van der Waals surface area contributed by atoms with Crippen molar-refractivity contribution in [3.63, 3.8) is 0 Å². The molecule has 0 saturated heterocycles. The second-order valence-corrected chi connectivity index (χ2v) is 6.79. The molecule has 0 saturated carbocycles. The maximum atomic E-state index is 12.2. The topological polar surface area (TPSA) is 72.2 Å². The number of sulfonamides is 1. The van der Waals surface area contributed by atoms with Crippen LogP contribution in [0.5, 0.6) is 0 Å². The molecule has 1 unspecified atom stereocenters. The van der Waals surface area contributed by atoms with Crippen LogP contribution < -0.4 is 10.5 Å². The molecule has 0 radical (unpaired) electrons. The van der Waals surface area contributed by atoms with Crippen molar-refractivity contribution in [2.24, 2.45) is 5.92 Å². The number of hydrogen-bond acceptors (Lipinski definition) is 3. The zero-order valence-electron chi connectivity index (χ0n) is 11.1. The number of allylic oxidation sites excluding steroid dienone is 2. The molecule has 3 N–H and O–H groups in total. The quantitative estimate of drug-likeness (QED) is 0.656. The van der Waals surface area contributed by atoms with E-state index in [4.69, 9.17) is 5.73 Å². The summed E-state index contributed by atoms with van der Waals surface area (Å²) in [5, 5.41) is 0. The molecule has 0 aromatic heterocycles. The van der Waals surface area contributed by atoms with Gasteiger partial charge in [0, 0.05) is 12.2 Å². The largest absolute Gasteiger partial charge is 0.399 e. The zero-order chi connectivity index (χ0) is 13.9. The van der Waals surface area contributed by atoms with Gasteiger partial charge in [-0.25, -0.2) is 13.1 Å². The first-order valence-corrected chi connectivity index (χ1v) is 7.98. The highest BCUT2D eigenvalue weighted by Crippen LogP contribution is 2.19. The molecule has 104 valence electrons. The smallest absolute Gasteiger partial charge is 0.240 e. The minimum Gasteiger partial charge on any atom is -0.399 e. The summed E-state index contributed by atoms with van der Waals surface area (Å²) in [6.45, 7) is 2.30. The SMILES string of the molecule is Cc1cc(S(=O)(=O)NCC2CC=CCC2)ccc1N. The van der Waals surface area contributed by atoms with Crippen LogP contribution >= 0.6 is 0 Å². The molecule has 1 aliphatic rings. The molecule has 1 aromatic carbocycles. The van der Waals surface area contributed by atoms with Gasteiger partial charge >= 0.3 is 0 Å². The molecule has 0 fully saturated rings. The predicted molar refractivity (Wildman–Crippen MR) is 77.3 cm³/mol. The van der Waals surface area contributed by atoms with Crippen LogP contribution in [-0.2, 0) is 10.0 Å². The van der Waals surface area contributed by atoms with Crippen molar-refractivity contribution in [2.75, 3.05) is 12.3 Å². The summed E-state index contributed by atoms with van der Waals surface area (Å²) in [4.78, 5) is 0.283. The summed E-state index contributed by atoms with van der Waals surface area (Å²) in [6.07, 6.45) is 7.29. The second kappa shape index (κ2) is 5.75. The molecule has 0 heterocycles. The van der Waals surface area contributed by atoms with Gasteiger partial charge in [-0.15, -0.1) is 0 Å². The summed E-state index contributed by atoms with van der Waals surface area (Å²) in [7, 11) is -3.43. The van der Waals surface area contributed by atoms with Crippen LogP contribution in [0.3, 0.4) is 0 Å². The summed E-state index contributed by atoms with van der Waals surface area (Å²) in [5.41, 5.74) is 7.09. The van der Waals surface area contributed by atoms with Gasteiger partial charge in [-0.3, -0.25) is 0 Å². The van der Waals surface area contributed by atoms with Crippen LogP contribution in [0, 0.1) is 12.8 Å². The molecule has 2 rings (SSSR count). The van der Waals surface area contributed by atoms with Crippen LogP contribution in [0.15, 0.2) is 35.2 Å². The molecular weight excluding hydrogens is 260 g/mol. The molecule has 1 aromatic rings. The van der Waals surface area contributed by atoms with Gasteiger partial charge in [-0.05, 0) is 55.9 Å². The van der Waals surface area contributed by atoms with Gasteiger partial charge in [0.2, 0.25) is 10.0 Å². The summed E-state index contributed by atoms with van der Waals surface area (Å²) in [5.74, 6) is 0.398. The lowest BCUT2D eigenvalue weighted by Gasteiger charge is -2.18. The van der Waals surface area contributed by atoms with E-state index in [1.165, 1.54) is 0 Å².